The van der Waals surface area contributed by atoms with Crippen LogP contribution >= 0.6 is 0 Å². The fraction of sp³-hybridized carbons (Fsp3) is 0.381. The third-order valence-electron chi connectivity index (χ3n) is 4.84. The molecule has 1 atom stereocenters. The Kier molecular flexibility index (Phi) is 5.52. The van der Waals surface area contributed by atoms with Crippen LogP contribution in [0.4, 0.5) is 0 Å². The Bertz CT molecular complexity index is 669. The summed E-state index contributed by atoms with van der Waals surface area (Å²) in [5.41, 5.74) is 2.32. The maximum atomic E-state index is 12.7. The molecule has 1 aliphatic rings. The Balaban J connectivity index is 1.60. The molecule has 2 aromatic carbocycles. The van der Waals surface area contributed by atoms with E-state index in [1.54, 1.807) is 7.11 Å². The zero-order valence-electron chi connectivity index (χ0n) is 14.3. The molecule has 0 radical (unpaired) electrons. The monoisotopic (exact) mass is 323 g/mol. The first kappa shape index (κ1) is 16.6. The predicted octanol–water partition coefficient (Wildman–Crippen LogP) is 3.86. The molecule has 0 aromatic heterocycles. The number of benzene rings is 2. The number of hydrogen-bond acceptors (Lipinski definition) is 2. The van der Waals surface area contributed by atoms with E-state index in [4.69, 9.17) is 4.74 Å². The molecule has 126 valence electrons. The molecule has 0 aliphatic carbocycles. The van der Waals surface area contributed by atoms with Crippen LogP contribution in [0.2, 0.25) is 0 Å². The van der Waals surface area contributed by atoms with Crippen molar-refractivity contribution < 1.29 is 9.53 Å². The van der Waals surface area contributed by atoms with Crippen LogP contribution in [0, 0.1) is 0 Å². The standard InChI is InChI=1S/C21H25NO2/c1-24-20-12-6-5-10-18(20)13-14-19-11-7-15-22(19)21(23)16-17-8-3-2-4-9-17/h2-6,8-10,12,19H,7,11,13-16H2,1H3/t19-/m1/s1. The van der Waals surface area contributed by atoms with Crippen molar-refractivity contribution in [1.82, 2.24) is 4.90 Å². The Morgan fingerprint density at radius 2 is 1.88 bits per heavy atom. The highest BCUT2D eigenvalue weighted by molar-refractivity contribution is 5.79. The van der Waals surface area contributed by atoms with E-state index in [9.17, 15) is 4.79 Å². The van der Waals surface area contributed by atoms with Crippen LogP contribution in [-0.4, -0.2) is 30.5 Å². The molecule has 0 spiro atoms. The number of carbonyl (C=O) groups excluding carboxylic acids is 1. The van der Waals surface area contributed by atoms with E-state index in [-0.39, 0.29) is 5.91 Å². The molecule has 3 heteroatoms. The summed E-state index contributed by atoms with van der Waals surface area (Å²) in [6.45, 7) is 0.891. The number of hydrogen-bond donors (Lipinski definition) is 0. The molecule has 2 aromatic rings. The number of aryl methyl sites for hydroxylation is 1. The fourth-order valence-corrected chi connectivity index (χ4v) is 3.57. The van der Waals surface area contributed by atoms with Crippen LogP contribution in [0.15, 0.2) is 54.6 Å². The summed E-state index contributed by atoms with van der Waals surface area (Å²) in [5, 5.41) is 0. The lowest BCUT2D eigenvalue weighted by atomic mass is 10.0. The molecular formula is C21H25NO2. The van der Waals surface area contributed by atoms with Crippen molar-refractivity contribution in [3.63, 3.8) is 0 Å². The average Bonchev–Trinajstić information content (AvgIpc) is 3.10. The van der Waals surface area contributed by atoms with Gasteiger partial charge in [-0.25, -0.2) is 0 Å². The van der Waals surface area contributed by atoms with Gasteiger partial charge in [-0.1, -0.05) is 48.5 Å². The minimum Gasteiger partial charge on any atom is -0.496 e. The third kappa shape index (κ3) is 3.97. The van der Waals surface area contributed by atoms with Gasteiger partial charge in [-0.15, -0.1) is 0 Å². The molecule has 1 aliphatic heterocycles. The average molecular weight is 323 g/mol. The van der Waals surface area contributed by atoms with Gasteiger partial charge in [-0.3, -0.25) is 4.79 Å². The molecule has 1 fully saturated rings. The second kappa shape index (κ2) is 8.00. The van der Waals surface area contributed by atoms with E-state index in [0.717, 1.165) is 43.5 Å². The summed E-state index contributed by atoms with van der Waals surface area (Å²) >= 11 is 0. The van der Waals surface area contributed by atoms with E-state index >= 15 is 0 Å². The number of likely N-dealkylation sites (tertiary alicyclic amines) is 1. The number of rotatable bonds is 6. The lowest BCUT2D eigenvalue weighted by Gasteiger charge is -2.25. The van der Waals surface area contributed by atoms with Crippen molar-refractivity contribution in [3.05, 3.63) is 65.7 Å². The Hall–Kier alpha value is -2.29. The van der Waals surface area contributed by atoms with E-state index < -0.39 is 0 Å². The summed E-state index contributed by atoms with van der Waals surface area (Å²) in [4.78, 5) is 14.7. The van der Waals surface area contributed by atoms with Gasteiger partial charge in [0.1, 0.15) is 5.75 Å². The Morgan fingerprint density at radius 1 is 1.12 bits per heavy atom. The molecule has 3 nitrogen and oxygen atoms in total. The maximum absolute atomic E-state index is 12.7. The largest absolute Gasteiger partial charge is 0.496 e. The van der Waals surface area contributed by atoms with E-state index in [1.807, 2.05) is 48.5 Å². The topological polar surface area (TPSA) is 29.5 Å². The normalized spacial score (nSPS) is 17.0. The first-order valence-corrected chi connectivity index (χ1v) is 8.73. The molecule has 24 heavy (non-hydrogen) atoms. The van der Waals surface area contributed by atoms with Crippen molar-refractivity contribution in [2.24, 2.45) is 0 Å². The number of para-hydroxylation sites is 1. The van der Waals surface area contributed by atoms with Crippen molar-refractivity contribution in [1.29, 1.82) is 0 Å². The first-order chi connectivity index (χ1) is 11.8. The summed E-state index contributed by atoms with van der Waals surface area (Å²) in [6.07, 6.45) is 4.67. The second-order valence-electron chi connectivity index (χ2n) is 6.40. The highest BCUT2D eigenvalue weighted by Gasteiger charge is 2.28. The number of ether oxygens (including phenoxy) is 1. The van der Waals surface area contributed by atoms with Crippen LogP contribution in [-0.2, 0) is 17.6 Å². The highest BCUT2D eigenvalue weighted by Crippen LogP contribution is 2.25. The van der Waals surface area contributed by atoms with Gasteiger partial charge in [0, 0.05) is 12.6 Å². The zero-order chi connectivity index (χ0) is 16.8. The third-order valence-corrected chi connectivity index (χ3v) is 4.84. The van der Waals surface area contributed by atoms with Gasteiger partial charge in [0.25, 0.3) is 0 Å². The maximum Gasteiger partial charge on any atom is 0.227 e. The number of carbonyl (C=O) groups is 1. The molecule has 1 amide bonds. The molecule has 0 unspecified atom stereocenters. The van der Waals surface area contributed by atoms with Crippen LogP contribution in [0.1, 0.15) is 30.4 Å². The van der Waals surface area contributed by atoms with Gasteiger partial charge in [-0.2, -0.15) is 0 Å². The van der Waals surface area contributed by atoms with Crippen LogP contribution in [0.25, 0.3) is 0 Å². The lowest BCUT2D eigenvalue weighted by Crippen LogP contribution is -2.36. The predicted molar refractivity (Wildman–Crippen MR) is 96.2 cm³/mol. The lowest BCUT2D eigenvalue weighted by molar-refractivity contribution is -0.131. The van der Waals surface area contributed by atoms with Gasteiger partial charge in [0.15, 0.2) is 0 Å². The smallest absolute Gasteiger partial charge is 0.227 e. The molecule has 1 heterocycles. The van der Waals surface area contributed by atoms with Gasteiger partial charge >= 0.3 is 0 Å². The highest BCUT2D eigenvalue weighted by atomic mass is 16.5. The summed E-state index contributed by atoms with van der Waals surface area (Å²) in [5.74, 6) is 1.20. The zero-order valence-corrected chi connectivity index (χ0v) is 14.3. The van der Waals surface area contributed by atoms with Gasteiger partial charge in [0.05, 0.1) is 13.5 Å². The van der Waals surface area contributed by atoms with E-state index in [0.29, 0.717) is 12.5 Å². The second-order valence-corrected chi connectivity index (χ2v) is 6.40. The summed E-state index contributed by atoms with van der Waals surface area (Å²) in [6, 6.07) is 18.5. The van der Waals surface area contributed by atoms with Crippen molar-refractivity contribution in [2.75, 3.05) is 13.7 Å². The molecule has 0 saturated carbocycles. The number of nitrogens with zero attached hydrogens (tertiary/aromatic N) is 1. The Morgan fingerprint density at radius 3 is 2.67 bits per heavy atom. The van der Waals surface area contributed by atoms with Crippen molar-refractivity contribution in [3.8, 4) is 5.75 Å². The summed E-state index contributed by atoms with van der Waals surface area (Å²) in [7, 11) is 1.71. The van der Waals surface area contributed by atoms with Gasteiger partial charge in [0.2, 0.25) is 5.91 Å². The van der Waals surface area contributed by atoms with Crippen LogP contribution in [0.3, 0.4) is 0 Å². The Labute approximate surface area is 144 Å². The summed E-state index contributed by atoms with van der Waals surface area (Å²) < 4.78 is 5.43. The van der Waals surface area contributed by atoms with E-state index in [1.165, 1.54) is 5.56 Å². The minimum atomic E-state index is 0.253. The SMILES string of the molecule is COc1ccccc1CC[C@H]1CCCN1C(=O)Cc1ccccc1. The molecule has 0 bridgehead atoms. The first-order valence-electron chi connectivity index (χ1n) is 8.73. The van der Waals surface area contributed by atoms with Gasteiger partial charge in [-0.05, 0) is 42.9 Å². The van der Waals surface area contributed by atoms with E-state index in [2.05, 4.69) is 11.0 Å². The molecular weight excluding hydrogens is 298 g/mol. The number of amides is 1. The van der Waals surface area contributed by atoms with Crippen LogP contribution in [0.5, 0.6) is 5.75 Å². The fourth-order valence-electron chi connectivity index (χ4n) is 3.57. The minimum absolute atomic E-state index is 0.253. The number of methoxy groups -OCH3 is 1. The van der Waals surface area contributed by atoms with Crippen molar-refractivity contribution >= 4 is 5.91 Å². The molecule has 3 rings (SSSR count). The molecule has 0 N–H and O–H groups in total. The quantitative estimate of drug-likeness (QED) is 0.808. The van der Waals surface area contributed by atoms with Crippen molar-refractivity contribution in [2.45, 2.75) is 38.1 Å². The van der Waals surface area contributed by atoms with Gasteiger partial charge < -0.3 is 9.64 Å². The molecule has 1 saturated heterocycles. The van der Waals surface area contributed by atoms with Crippen LogP contribution < -0.4 is 4.74 Å².